The van der Waals surface area contributed by atoms with Gasteiger partial charge < -0.3 is 0 Å². The summed E-state index contributed by atoms with van der Waals surface area (Å²) in [6, 6.07) is 16.1. The van der Waals surface area contributed by atoms with Crippen molar-refractivity contribution in [3.8, 4) is 0 Å². The number of ketones is 1. The molecule has 2 aromatic carbocycles. The van der Waals surface area contributed by atoms with E-state index in [4.69, 9.17) is 0 Å². The first-order valence-electron chi connectivity index (χ1n) is 6.62. The van der Waals surface area contributed by atoms with Crippen molar-refractivity contribution in [3.05, 3.63) is 71.3 Å². The molecule has 0 aromatic heterocycles. The van der Waals surface area contributed by atoms with E-state index in [0.29, 0.717) is 17.5 Å². The lowest BCUT2D eigenvalue weighted by molar-refractivity contribution is 0.103. The molecule has 5 heteroatoms. The minimum absolute atomic E-state index is 0.00643. The number of aryl methyl sites for hydroxylation is 1. The molecule has 0 aliphatic heterocycles. The van der Waals surface area contributed by atoms with Gasteiger partial charge in [-0.05, 0) is 25.1 Å². The van der Waals surface area contributed by atoms with Crippen LogP contribution in [-0.2, 0) is 16.4 Å². The van der Waals surface area contributed by atoms with Gasteiger partial charge in [0, 0.05) is 11.1 Å². The summed E-state index contributed by atoms with van der Waals surface area (Å²) in [6.45, 7) is 0. The second-order valence-electron chi connectivity index (χ2n) is 4.67. The first-order valence-corrected chi connectivity index (χ1v) is 8.27. The van der Waals surface area contributed by atoms with Crippen LogP contribution < -0.4 is 4.72 Å². The number of nitrogens with one attached hydrogen (secondary N) is 1. The molecular weight excluding hydrogens is 286 g/mol. The molecule has 0 atom stereocenters. The minimum Gasteiger partial charge on any atom is -0.289 e. The predicted octanol–water partition coefficient (Wildman–Crippen LogP) is 2.01. The fourth-order valence-corrected chi connectivity index (χ4v) is 2.69. The van der Waals surface area contributed by atoms with E-state index < -0.39 is 10.0 Å². The largest absolute Gasteiger partial charge is 0.289 e. The molecule has 110 valence electrons. The van der Waals surface area contributed by atoms with Crippen molar-refractivity contribution in [2.45, 2.75) is 6.42 Å². The predicted molar refractivity (Wildman–Crippen MR) is 82.9 cm³/mol. The van der Waals surface area contributed by atoms with Crippen molar-refractivity contribution in [2.75, 3.05) is 12.8 Å². The molecule has 2 rings (SSSR count). The molecule has 21 heavy (non-hydrogen) atoms. The highest BCUT2D eigenvalue weighted by Gasteiger charge is 2.11. The number of sulfonamides is 1. The van der Waals surface area contributed by atoms with Crippen LogP contribution in [-0.4, -0.2) is 27.0 Å². The van der Waals surface area contributed by atoms with Gasteiger partial charge in [0.1, 0.15) is 0 Å². The highest BCUT2D eigenvalue weighted by atomic mass is 32.2. The Bertz CT molecular complexity index is 724. The Morgan fingerprint density at radius 2 is 1.67 bits per heavy atom. The van der Waals surface area contributed by atoms with Gasteiger partial charge in [-0.2, -0.15) is 0 Å². The molecule has 0 aliphatic carbocycles. The van der Waals surface area contributed by atoms with Crippen molar-refractivity contribution < 1.29 is 13.2 Å². The molecule has 4 nitrogen and oxygen atoms in total. The Hall–Kier alpha value is -1.98. The summed E-state index contributed by atoms with van der Waals surface area (Å²) >= 11 is 0. The molecule has 0 spiro atoms. The lowest BCUT2D eigenvalue weighted by atomic mass is 10.0. The van der Waals surface area contributed by atoms with E-state index in [2.05, 4.69) is 4.72 Å². The summed E-state index contributed by atoms with van der Waals surface area (Å²) in [5, 5.41) is 0. The third-order valence-corrected chi connectivity index (χ3v) is 4.56. The molecule has 0 radical (unpaired) electrons. The van der Waals surface area contributed by atoms with Crippen molar-refractivity contribution in [1.82, 2.24) is 4.72 Å². The second-order valence-corrected chi connectivity index (χ2v) is 6.71. The van der Waals surface area contributed by atoms with Gasteiger partial charge in [-0.3, -0.25) is 4.79 Å². The van der Waals surface area contributed by atoms with Crippen LogP contribution in [0.3, 0.4) is 0 Å². The van der Waals surface area contributed by atoms with Crippen molar-refractivity contribution in [1.29, 1.82) is 0 Å². The molecule has 0 saturated carbocycles. The Kier molecular flexibility index (Phi) is 4.88. The number of carbonyl (C=O) groups excluding carboxylic acids is 1. The number of hydrogen-bond acceptors (Lipinski definition) is 3. The van der Waals surface area contributed by atoms with Gasteiger partial charge in [0.15, 0.2) is 5.78 Å². The van der Waals surface area contributed by atoms with Gasteiger partial charge in [0.2, 0.25) is 10.0 Å². The summed E-state index contributed by atoms with van der Waals surface area (Å²) in [5.41, 5.74) is 2.02. The minimum atomic E-state index is -3.24. The molecule has 0 bridgehead atoms. The molecule has 0 aliphatic rings. The summed E-state index contributed by atoms with van der Waals surface area (Å²) in [4.78, 5) is 12.3. The molecular formula is C16H17NO3S. The Labute approximate surface area is 124 Å². The third kappa shape index (κ3) is 4.24. The van der Waals surface area contributed by atoms with E-state index in [1.54, 1.807) is 30.3 Å². The smallest absolute Gasteiger partial charge is 0.211 e. The molecule has 0 fully saturated rings. The van der Waals surface area contributed by atoms with Gasteiger partial charge in [-0.1, -0.05) is 48.5 Å². The standard InChI is InChI=1S/C16H17NO3S/c1-17-21(19,20)11-10-13-6-5-9-15(12-13)16(18)14-7-3-2-4-8-14/h2-9,12,17H,10-11H2,1H3. The Balaban J connectivity index is 2.17. The van der Waals surface area contributed by atoms with Gasteiger partial charge in [-0.15, -0.1) is 0 Å². The van der Waals surface area contributed by atoms with Gasteiger partial charge in [-0.25, -0.2) is 13.1 Å². The molecule has 2 aromatic rings. The first kappa shape index (κ1) is 15.4. The summed E-state index contributed by atoms with van der Waals surface area (Å²) in [5.74, 6) is -0.0548. The maximum Gasteiger partial charge on any atom is 0.211 e. The van der Waals surface area contributed by atoms with Crippen molar-refractivity contribution in [2.24, 2.45) is 0 Å². The molecule has 1 N–H and O–H groups in total. The normalized spacial score (nSPS) is 11.3. The van der Waals surface area contributed by atoms with E-state index in [-0.39, 0.29) is 11.5 Å². The molecule has 0 saturated heterocycles. The Morgan fingerprint density at radius 3 is 2.33 bits per heavy atom. The van der Waals surface area contributed by atoms with Gasteiger partial charge in [0.25, 0.3) is 0 Å². The van der Waals surface area contributed by atoms with E-state index >= 15 is 0 Å². The van der Waals surface area contributed by atoms with E-state index in [0.717, 1.165) is 5.56 Å². The van der Waals surface area contributed by atoms with Crippen LogP contribution in [0.1, 0.15) is 21.5 Å². The molecule has 0 heterocycles. The lowest BCUT2D eigenvalue weighted by Gasteiger charge is -2.06. The topological polar surface area (TPSA) is 63.2 Å². The average molecular weight is 303 g/mol. The highest BCUT2D eigenvalue weighted by molar-refractivity contribution is 7.89. The highest BCUT2D eigenvalue weighted by Crippen LogP contribution is 2.12. The van der Waals surface area contributed by atoms with E-state index in [9.17, 15) is 13.2 Å². The van der Waals surface area contributed by atoms with Crippen LogP contribution in [0.2, 0.25) is 0 Å². The lowest BCUT2D eigenvalue weighted by Crippen LogP contribution is -2.23. The van der Waals surface area contributed by atoms with Gasteiger partial charge in [0.05, 0.1) is 5.75 Å². The summed E-state index contributed by atoms with van der Waals surface area (Å²) < 4.78 is 25.1. The second kappa shape index (κ2) is 6.65. The zero-order chi connectivity index (χ0) is 15.3. The average Bonchev–Trinajstić information content (AvgIpc) is 2.53. The number of benzene rings is 2. The third-order valence-electron chi connectivity index (χ3n) is 3.20. The van der Waals surface area contributed by atoms with Gasteiger partial charge >= 0.3 is 0 Å². The first-order chi connectivity index (χ1) is 10.0. The fraction of sp³-hybridized carbons (Fsp3) is 0.188. The summed E-state index contributed by atoms with van der Waals surface area (Å²) in [7, 11) is -1.84. The van der Waals surface area contributed by atoms with Crippen LogP contribution in [0, 0.1) is 0 Å². The maximum atomic E-state index is 12.3. The van der Waals surface area contributed by atoms with Crippen LogP contribution in [0.4, 0.5) is 0 Å². The van der Waals surface area contributed by atoms with Crippen LogP contribution >= 0.6 is 0 Å². The van der Waals surface area contributed by atoms with Crippen molar-refractivity contribution >= 4 is 15.8 Å². The number of hydrogen-bond donors (Lipinski definition) is 1. The SMILES string of the molecule is CNS(=O)(=O)CCc1cccc(C(=O)c2ccccc2)c1. The maximum absolute atomic E-state index is 12.3. The molecule has 0 unspecified atom stereocenters. The number of carbonyl (C=O) groups is 1. The van der Waals surface area contributed by atoms with E-state index in [1.165, 1.54) is 7.05 Å². The Morgan fingerprint density at radius 1 is 1.00 bits per heavy atom. The molecule has 0 amide bonds. The van der Waals surface area contributed by atoms with Crippen LogP contribution in [0.15, 0.2) is 54.6 Å². The monoisotopic (exact) mass is 303 g/mol. The van der Waals surface area contributed by atoms with E-state index in [1.807, 2.05) is 24.3 Å². The van der Waals surface area contributed by atoms with Crippen LogP contribution in [0.25, 0.3) is 0 Å². The summed E-state index contributed by atoms with van der Waals surface area (Å²) in [6.07, 6.45) is 0.374. The van der Waals surface area contributed by atoms with Crippen LogP contribution in [0.5, 0.6) is 0 Å². The zero-order valence-corrected chi connectivity index (χ0v) is 12.6. The quantitative estimate of drug-likeness (QED) is 0.830. The fourth-order valence-electron chi connectivity index (χ4n) is 1.98. The number of rotatable bonds is 6. The van der Waals surface area contributed by atoms with Crippen molar-refractivity contribution in [3.63, 3.8) is 0 Å². The zero-order valence-electron chi connectivity index (χ0n) is 11.7.